The Morgan fingerprint density at radius 3 is 2.29 bits per heavy atom. The van der Waals surface area contributed by atoms with Crippen LogP contribution in [0.4, 0.5) is 11.5 Å². The normalized spacial score (nSPS) is 11.3. The van der Waals surface area contributed by atoms with E-state index in [1.165, 1.54) is 5.56 Å². The average Bonchev–Trinajstić information content (AvgIpc) is 3.27. The average molecular weight is 444 g/mol. The monoisotopic (exact) mass is 444 g/mol. The number of amides is 1. The Balaban J connectivity index is 1.50. The first-order valence-electron chi connectivity index (χ1n) is 10.9. The van der Waals surface area contributed by atoms with Crippen molar-refractivity contribution in [3.05, 3.63) is 103 Å². The number of primary amides is 1. The smallest absolute Gasteiger partial charge is 0.286 e. The summed E-state index contributed by atoms with van der Waals surface area (Å²) in [5.74, 6) is -0.180. The first-order valence-corrected chi connectivity index (χ1v) is 10.9. The molecule has 0 aliphatic rings. The highest BCUT2D eigenvalue weighted by atomic mass is 16.1. The van der Waals surface area contributed by atoms with E-state index >= 15 is 0 Å². The molecule has 34 heavy (non-hydrogen) atoms. The first-order chi connectivity index (χ1) is 16.7. The van der Waals surface area contributed by atoms with Crippen molar-refractivity contribution in [2.75, 3.05) is 5.32 Å². The summed E-state index contributed by atoms with van der Waals surface area (Å²) in [4.78, 5) is 20.6. The molecular weight excluding hydrogens is 424 g/mol. The Labute approximate surface area is 194 Å². The van der Waals surface area contributed by atoms with E-state index in [2.05, 4.69) is 45.7 Å². The van der Waals surface area contributed by atoms with E-state index < -0.39 is 5.91 Å². The molecule has 6 rings (SSSR count). The fourth-order valence-electron chi connectivity index (χ4n) is 4.28. The lowest BCUT2D eigenvalue weighted by Gasteiger charge is -2.12. The molecule has 2 aromatic heterocycles. The number of hydrogen-bond donors (Lipinski definition) is 2. The molecule has 0 atom stereocenters. The topological polar surface area (TPSA) is 98.7 Å². The zero-order valence-corrected chi connectivity index (χ0v) is 18.1. The molecular formula is C27H20N6O. The number of hydrogen-bond acceptors (Lipinski definition) is 5. The van der Waals surface area contributed by atoms with Crippen molar-refractivity contribution in [3.63, 3.8) is 0 Å². The third-order valence-electron chi connectivity index (χ3n) is 5.84. The summed E-state index contributed by atoms with van der Waals surface area (Å²) in [5.41, 5.74) is 9.03. The van der Waals surface area contributed by atoms with Crippen LogP contribution in [-0.2, 0) is 6.54 Å². The second kappa shape index (κ2) is 7.97. The second-order valence-corrected chi connectivity index (χ2v) is 8.12. The first kappa shape index (κ1) is 19.9. The number of benzene rings is 4. The molecule has 0 spiro atoms. The number of carbonyl (C=O) groups is 1. The molecule has 164 valence electrons. The van der Waals surface area contributed by atoms with Gasteiger partial charge in [0.25, 0.3) is 5.91 Å². The molecule has 0 bridgehead atoms. The predicted octanol–water partition coefficient (Wildman–Crippen LogP) is 5.02. The number of para-hydroxylation sites is 1. The van der Waals surface area contributed by atoms with Crippen molar-refractivity contribution >= 4 is 50.0 Å². The van der Waals surface area contributed by atoms with Crippen LogP contribution in [0.5, 0.6) is 0 Å². The minimum absolute atomic E-state index is 0.0290. The van der Waals surface area contributed by atoms with Gasteiger partial charge in [0, 0.05) is 28.0 Å². The lowest BCUT2D eigenvalue weighted by Crippen LogP contribution is -2.16. The zero-order valence-electron chi connectivity index (χ0n) is 18.1. The fraction of sp³-hybridized carbons (Fsp3) is 0.0370. The van der Waals surface area contributed by atoms with Crippen LogP contribution in [0.25, 0.3) is 32.6 Å². The Morgan fingerprint density at radius 1 is 0.794 bits per heavy atom. The molecule has 7 heteroatoms. The highest BCUT2D eigenvalue weighted by Crippen LogP contribution is 2.34. The Bertz CT molecular complexity index is 1690. The van der Waals surface area contributed by atoms with Crippen LogP contribution >= 0.6 is 0 Å². The molecule has 4 aromatic carbocycles. The van der Waals surface area contributed by atoms with E-state index in [1.54, 1.807) is 0 Å². The van der Waals surface area contributed by atoms with Gasteiger partial charge in [-0.05, 0) is 29.1 Å². The number of carbonyl (C=O) groups excluding carboxylic acids is 1. The maximum atomic E-state index is 11.8. The van der Waals surface area contributed by atoms with Crippen molar-refractivity contribution in [1.29, 1.82) is 0 Å². The van der Waals surface area contributed by atoms with Crippen LogP contribution in [0.1, 0.15) is 16.2 Å². The molecule has 0 aliphatic carbocycles. The number of aromatic nitrogens is 4. The van der Waals surface area contributed by atoms with Crippen molar-refractivity contribution in [2.24, 2.45) is 5.73 Å². The van der Waals surface area contributed by atoms with Crippen molar-refractivity contribution in [1.82, 2.24) is 19.7 Å². The van der Waals surface area contributed by atoms with Crippen molar-refractivity contribution in [2.45, 2.75) is 6.54 Å². The number of fused-ring (bicyclic) bond motifs is 4. The number of nitrogens with zero attached hydrogens (tertiary/aromatic N) is 4. The van der Waals surface area contributed by atoms with Crippen LogP contribution in [0, 0.1) is 0 Å². The van der Waals surface area contributed by atoms with Gasteiger partial charge >= 0.3 is 0 Å². The van der Waals surface area contributed by atoms with E-state index in [1.807, 2.05) is 65.3 Å². The molecule has 0 fully saturated rings. The molecule has 0 radical (unpaired) electrons. The number of rotatable bonds is 5. The quantitative estimate of drug-likeness (QED) is 0.389. The SMILES string of the molecule is NC(=O)c1nc(Nc2cc3nn(Cc4ccccc4)cc3c3ccccc23)c2ccccc2n1. The van der Waals surface area contributed by atoms with Gasteiger partial charge in [0.15, 0.2) is 0 Å². The largest absolute Gasteiger partial charge is 0.363 e. The maximum absolute atomic E-state index is 11.8. The molecule has 7 nitrogen and oxygen atoms in total. The summed E-state index contributed by atoms with van der Waals surface area (Å²) in [5, 5.41) is 12.2. The van der Waals surface area contributed by atoms with Crippen molar-refractivity contribution in [3.8, 4) is 0 Å². The molecule has 1 amide bonds. The number of anilines is 2. The summed E-state index contributed by atoms with van der Waals surface area (Å²) in [6.45, 7) is 0.686. The van der Waals surface area contributed by atoms with Gasteiger partial charge in [0.2, 0.25) is 5.82 Å². The molecule has 3 N–H and O–H groups in total. The molecule has 0 saturated carbocycles. The molecule has 0 aliphatic heterocycles. The predicted molar refractivity (Wildman–Crippen MR) is 134 cm³/mol. The van der Waals surface area contributed by atoms with E-state index in [-0.39, 0.29) is 5.82 Å². The van der Waals surface area contributed by atoms with E-state index in [0.717, 1.165) is 32.7 Å². The Hall–Kier alpha value is -4.78. The summed E-state index contributed by atoms with van der Waals surface area (Å²) in [6.07, 6.45) is 2.08. The minimum atomic E-state index is -0.672. The van der Waals surface area contributed by atoms with E-state index in [4.69, 9.17) is 10.8 Å². The number of nitrogens with one attached hydrogen (secondary N) is 1. The van der Waals surface area contributed by atoms with Gasteiger partial charge in [0.05, 0.1) is 17.6 Å². The van der Waals surface area contributed by atoms with E-state index in [0.29, 0.717) is 17.9 Å². The highest BCUT2D eigenvalue weighted by molar-refractivity contribution is 6.13. The molecule has 6 aromatic rings. The summed E-state index contributed by atoms with van der Waals surface area (Å²) in [6, 6.07) is 28.0. The maximum Gasteiger partial charge on any atom is 0.286 e. The third-order valence-corrected chi connectivity index (χ3v) is 5.84. The molecule has 0 unspecified atom stereocenters. The van der Waals surface area contributed by atoms with Gasteiger partial charge < -0.3 is 11.1 Å². The standard InChI is InChI=1S/C27H20N6O/c28-25(34)27-29-22-13-7-6-12-20(22)26(31-27)30-23-14-24-21(18-10-4-5-11-19(18)23)16-33(32-24)15-17-8-2-1-3-9-17/h1-14,16H,15H2,(H2,28,34)(H,29,30,31). The zero-order chi connectivity index (χ0) is 23.1. The summed E-state index contributed by atoms with van der Waals surface area (Å²) in [7, 11) is 0. The van der Waals surface area contributed by atoms with Gasteiger partial charge in [-0.15, -0.1) is 0 Å². The Morgan fingerprint density at radius 2 is 1.50 bits per heavy atom. The fourth-order valence-corrected chi connectivity index (χ4v) is 4.28. The lowest BCUT2D eigenvalue weighted by molar-refractivity contribution is 0.0991. The van der Waals surface area contributed by atoms with E-state index in [9.17, 15) is 4.79 Å². The molecule has 0 saturated heterocycles. The third kappa shape index (κ3) is 3.49. The minimum Gasteiger partial charge on any atom is -0.363 e. The van der Waals surface area contributed by atoms with Gasteiger partial charge in [-0.2, -0.15) is 5.10 Å². The van der Waals surface area contributed by atoms with Gasteiger partial charge in [-0.3, -0.25) is 9.48 Å². The second-order valence-electron chi connectivity index (χ2n) is 8.12. The summed E-state index contributed by atoms with van der Waals surface area (Å²) >= 11 is 0. The number of nitrogens with two attached hydrogens (primary N) is 1. The summed E-state index contributed by atoms with van der Waals surface area (Å²) < 4.78 is 1.96. The highest BCUT2D eigenvalue weighted by Gasteiger charge is 2.15. The lowest BCUT2D eigenvalue weighted by atomic mass is 10.0. The van der Waals surface area contributed by atoms with Crippen LogP contribution in [-0.4, -0.2) is 25.7 Å². The van der Waals surface area contributed by atoms with Crippen LogP contribution in [0.2, 0.25) is 0 Å². The Kier molecular flexibility index (Phi) is 4.66. The van der Waals surface area contributed by atoms with Crippen LogP contribution < -0.4 is 11.1 Å². The van der Waals surface area contributed by atoms with Gasteiger partial charge in [-0.1, -0.05) is 66.7 Å². The van der Waals surface area contributed by atoms with Crippen LogP contribution in [0.3, 0.4) is 0 Å². The van der Waals surface area contributed by atoms with Crippen molar-refractivity contribution < 1.29 is 4.79 Å². The van der Waals surface area contributed by atoms with Gasteiger partial charge in [0.1, 0.15) is 5.82 Å². The van der Waals surface area contributed by atoms with Crippen LogP contribution in [0.15, 0.2) is 91.1 Å². The van der Waals surface area contributed by atoms with Gasteiger partial charge in [-0.25, -0.2) is 9.97 Å². The molecule has 2 heterocycles.